The first-order chi connectivity index (χ1) is 11.0. The Bertz CT molecular complexity index is 563. The highest BCUT2D eigenvalue weighted by atomic mass is 16.2. The van der Waals surface area contributed by atoms with E-state index in [4.69, 9.17) is 0 Å². The molecule has 0 atom stereocenters. The van der Waals surface area contributed by atoms with Gasteiger partial charge in [-0.3, -0.25) is 9.59 Å². The van der Waals surface area contributed by atoms with E-state index < -0.39 is 0 Å². The minimum absolute atomic E-state index is 0.0221. The number of hydrogen-bond acceptors (Lipinski definition) is 3. The average molecular weight is 317 g/mol. The SMILES string of the molecule is CC(=O)Nc1cccc(NCC(=O)NC2CCC(C)CC2)c1C. The highest BCUT2D eigenvalue weighted by molar-refractivity contribution is 5.91. The van der Waals surface area contributed by atoms with Crippen LogP contribution in [-0.2, 0) is 9.59 Å². The Morgan fingerprint density at radius 3 is 2.43 bits per heavy atom. The smallest absolute Gasteiger partial charge is 0.239 e. The monoisotopic (exact) mass is 317 g/mol. The van der Waals surface area contributed by atoms with Gasteiger partial charge in [-0.1, -0.05) is 13.0 Å². The van der Waals surface area contributed by atoms with E-state index in [1.54, 1.807) is 0 Å². The predicted octanol–water partition coefficient (Wildman–Crippen LogP) is 3.06. The molecule has 126 valence electrons. The zero-order valence-electron chi connectivity index (χ0n) is 14.2. The lowest BCUT2D eigenvalue weighted by Gasteiger charge is -2.27. The van der Waals surface area contributed by atoms with Crippen LogP contribution in [0.25, 0.3) is 0 Å². The molecule has 23 heavy (non-hydrogen) atoms. The van der Waals surface area contributed by atoms with Crippen LogP contribution in [0.1, 0.15) is 45.1 Å². The average Bonchev–Trinajstić information content (AvgIpc) is 2.50. The molecule has 2 amide bonds. The number of benzene rings is 1. The summed E-state index contributed by atoms with van der Waals surface area (Å²) in [4.78, 5) is 23.3. The van der Waals surface area contributed by atoms with Crippen LogP contribution in [0.2, 0.25) is 0 Å². The van der Waals surface area contributed by atoms with E-state index in [0.29, 0.717) is 6.04 Å². The molecule has 0 aromatic heterocycles. The van der Waals surface area contributed by atoms with Gasteiger partial charge in [-0.15, -0.1) is 0 Å². The third kappa shape index (κ3) is 5.27. The molecular weight excluding hydrogens is 290 g/mol. The van der Waals surface area contributed by atoms with Gasteiger partial charge in [-0.05, 0) is 56.2 Å². The molecular formula is C18H27N3O2. The fourth-order valence-corrected chi connectivity index (χ4v) is 3.01. The van der Waals surface area contributed by atoms with E-state index in [9.17, 15) is 9.59 Å². The van der Waals surface area contributed by atoms with Crippen molar-refractivity contribution in [1.82, 2.24) is 5.32 Å². The number of hydrogen-bond donors (Lipinski definition) is 3. The quantitative estimate of drug-likeness (QED) is 0.781. The summed E-state index contributed by atoms with van der Waals surface area (Å²) in [5, 5.41) is 9.06. The highest BCUT2D eigenvalue weighted by Crippen LogP contribution is 2.24. The first kappa shape index (κ1) is 17.3. The van der Waals surface area contributed by atoms with Crippen molar-refractivity contribution in [3.63, 3.8) is 0 Å². The van der Waals surface area contributed by atoms with Crippen molar-refractivity contribution in [2.24, 2.45) is 5.92 Å². The minimum atomic E-state index is -0.102. The van der Waals surface area contributed by atoms with Crippen molar-refractivity contribution in [3.05, 3.63) is 23.8 Å². The van der Waals surface area contributed by atoms with Crippen molar-refractivity contribution >= 4 is 23.2 Å². The van der Waals surface area contributed by atoms with Crippen LogP contribution < -0.4 is 16.0 Å². The Kier molecular flexibility index (Phi) is 6.02. The first-order valence-corrected chi connectivity index (χ1v) is 8.36. The van der Waals surface area contributed by atoms with Gasteiger partial charge in [-0.25, -0.2) is 0 Å². The van der Waals surface area contributed by atoms with Crippen LogP contribution in [0.3, 0.4) is 0 Å². The van der Waals surface area contributed by atoms with Crippen molar-refractivity contribution in [3.8, 4) is 0 Å². The maximum atomic E-state index is 12.1. The second-order valence-electron chi connectivity index (χ2n) is 6.54. The fraction of sp³-hybridized carbons (Fsp3) is 0.556. The summed E-state index contributed by atoms with van der Waals surface area (Å²) in [5.74, 6) is 0.698. The second kappa shape index (κ2) is 7.99. The summed E-state index contributed by atoms with van der Waals surface area (Å²) in [7, 11) is 0. The fourth-order valence-electron chi connectivity index (χ4n) is 3.01. The summed E-state index contributed by atoms with van der Waals surface area (Å²) >= 11 is 0. The summed E-state index contributed by atoms with van der Waals surface area (Å²) in [6, 6.07) is 5.94. The number of anilines is 2. The van der Waals surface area contributed by atoms with Crippen LogP contribution in [-0.4, -0.2) is 24.4 Å². The zero-order chi connectivity index (χ0) is 16.8. The lowest BCUT2D eigenvalue weighted by atomic mass is 9.87. The molecule has 3 N–H and O–H groups in total. The van der Waals surface area contributed by atoms with Crippen LogP contribution in [0, 0.1) is 12.8 Å². The molecule has 2 rings (SSSR count). The number of rotatable bonds is 5. The largest absolute Gasteiger partial charge is 0.376 e. The molecule has 1 fully saturated rings. The number of amides is 2. The van der Waals surface area contributed by atoms with Gasteiger partial charge in [0.2, 0.25) is 11.8 Å². The molecule has 1 aliphatic carbocycles. The molecule has 0 saturated heterocycles. The summed E-state index contributed by atoms with van der Waals surface area (Å²) < 4.78 is 0. The molecule has 1 aromatic carbocycles. The maximum Gasteiger partial charge on any atom is 0.239 e. The van der Waals surface area contributed by atoms with E-state index in [-0.39, 0.29) is 18.4 Å². The van der Waals surface area contributed by atoms with E-state index in [1.165, 1.54) is 19.8 Å². The molecule has 0 heterocycles. The lowest BCUT2D eigenvalue weighted by molar-refractivity contribution is -0.120. The highest BCUT2D eigenvalue weighted by Gasteiger charge is 2.19. The van der Waals surface area contributed by atoms with Crippen LogP contribution in [0.5, 0.6) is 0 Å². The van der Waals surface area contributed by atoms with Gasteiger partial charge >= 0.3 is 0 Å². The van der Waals surface area contributed by atoms with Gasteiger partial charge in [0.15, 0.2) is 0 Å². The van der Waals surface area contributed by atoms with Crippen LogP contribution in [0.4, 0.5) is 11.4 Å². The summed E-state index contributed by atoms with van der Waals surface area (Å²) in [6.45, 7) is 5.92. The number of nitrogens with one attached hydrogen (secondary N) is 3. The van der Waals surface area contributed by atoms with E-state index >= 15 is 0 Å². The van der Waals surface area contributed by atoms with Gasteiger partial charge in [0.05, 0.1) is 6.54 Å². The van der Waals surface area contributed by atoms with Crippen molar-refractivity contribution < 1.29 is 9.59 Å². The van der Waals surface area contributed by atoms with Crippen LogP contribution >= 0.6 is 0 Å². The molecule has 0 unspecified atom stereocenters. The molecule has 0 aliphatic heterocycles. The van der Waals surface area contributed by atoms with Crippen LogP contribution in [0.15, 0.2) is 18.2 Å². The lowest BCUT2D eigenvalue weighted by Crippen LogP contribution is -2.40. The van der Waals surface area contributed by atoms with E-state index in [0.717, 1.165) is 35.7 Å². The number of carbonyl (C=O) groups excluding carboxylic acids is 2. The Morgan fingerprint density at radius 1 is 1.13 bits per heavy atom. The molecule has 1 aromatic rings. The topological polar surface area (TPSA) is 70.2 Å². The second-order valence-corrected chi connectivity index (χ2v) is 6.54. The Labute approximate surface area is 138 Å². The zero-order valence-corrected chi connectivity index (χ0v) is 14.2. The summed E-state index contributed by atoms with van der Waals surface area (Å²) in [6.07, 6.45) is 4.53. The first-order valence-electron chi connectivity index (χ1n) is 8.36. The van der Waals surface area contributed by atoms with Crippen molar-refractivity contribution in [2.75, 3.05) is 17.2 Å². The van der Waals surface area contributed by atoms with Gasteiger partial charge in [0.1, 0.15) is 0 Å². The molecule has 5 heteroatoms. The van der Waals surface area contributed by atoms with Crippen molar-refractivity contribution in [2.45, 2.75) is 52.5 Å². The van der Waals surface area contributed by atoms with E-state index in [2.05, 4.69) is 22.9 Å². The summed E-state index contributed by atoms with van der Waals surface area (Å²) in [5.41, 5.74) is 2.56. The standard InChI is InChI=1S/C18H27N3O2/c1-12-7-9-15(10-8-12)21-18(23)11-19-16-5-4-6-17(13(16)2)20-14(3)22/h4-6,12,15,19H,7-11H2,1-3H3,(H,20,22)(H,21,23). The Balaban J connectivity index is 1.85. The van der Waals surface area contributed by atoms with Gasteiger partial charge in [-0.2, -0.15) is 0 Å². The van der Waals surface area contributed by atoms with E-state index in [1.807, 2.05) is 25.1 Å². The molecule has 0 spiro atoms. The molecule has 5 nitrogen and oxygen atoms in total. The van der Waals surface area contributed by atoms with Gasteiger partial charge in [0, 0.05) is 24.3 Å². The van der Waals surface area contributed by atoms with Gasteiger partial charge < -0.3 is 16.0 Å². The predicted molar refractivity (Wildman–Crippen MR) is 93.5 cm³/mol. The molecule has 1 saturated carbocycles. The Hall–Kier alpha value is -2.04. The van der Waals surface area contributed by atoms with Gasteiger partial charge in [0.25, 0.3) is 0 Å². The third-order valence-corrected chi connectivity index (χ3v) is 4.46. The number of carbonyl (C=O) groups is 2. The Morgan fingerprint density at radius 2 is 1.78 bits per heavy atom. The molecule has 1 aliphatic rings. The van der Waals surface area contributed by atoms with Crippen molar-refractivity contribution in [1.29, 1.82) is 0 Å². The maximum absolute atomic E-state index is 12.1. The normalized spacial score (nSPS) is 20.7. The third-order valence-electron chi connectivity index (χ3n) is 4.46. The minimum Gasteiger partial charge on any atom is -0.376 e. The molecule has 0 bridgehead atoms. The molecule has 0 radical (unpaired) electrons.